The lowest BCUT2D eigenvalue weighted by Crippen LogP contribution is -2.34. The lowest BCUT2D eigenvalue weighted by atomic mass is 9.96. The summed E-state index contributed by atoms with van der Waals surface area (Å²) < 4.78 is 16.1. The van der Waals surface area contributed by atoms with Crippen LogP contribution in [0.2, 0.25) is 0 Å². The summed E-state index contributed by atoms with van der Waals surface area (Å²) in [6, 6.07) is 23.7. The summed E-state index contributed by atoms with van der Waals surface area (Å²) in [5.41, 5.74) is 7.06. The Morgan fingerprint density at radius 2 is 1.69 bits per heavy atom. The molecule has 0 N–H and O–H groups in total. The zero-order valence-corrected chi connectivity index (χ0v) is 20.6. The van der Waals surface area contributed by atoms with Gasteiger partial charge in [-0.05, 0) is 87.0 Å². The highest BCUT2D eigenvalue weighted by Crippen LogP contribution is 2.31. The summed E-state index contributed by atoms with van der Waals surface area (Å²) in [4.78, 5) is 14.1. The van der Waals surface area contributed by atoms with Crippen molar-refractivity contribution >= 4 is 16.7 Å². The second-order valence-corrected chi connectivity index (χ2v) is 9.97. The minimum Gasteiger partial charge on any atom is -0.344 e. The van der Waals surface area contributed by atoms with Gasteiger partial charge in [-0.15, -0.1) is 0 Å². The summed E-state index contributed by atoms with van der Waals surface area (Å²) >= 11 is 0. The van der Waals surface area contributed by atoms with Crippen LogP contribution in [0.4, 0.5) is 4.39 Å². The molecule has 0 unspecified atom stereocenters. The Hall–Kier alpha value is -3.24. The highest BCUT2D eigenvalue weighted by Gasteiger charge is 2.22. The Kier molecular flexibility index (Phi) is 6.83. The number of ketones is 1. The summed E-state index contributed by atoms with van der Waals surface area (Å²) in [5, 5.41) is 1.32. The predicted molar refractivity (Wildman–Crippen MR) is 140 cm³/mol. The van der Waals surface area contributed by atoms with Crippen LogP contribution in [0, 0.1) is 18.7 Å². The molecule has 180 valence electrons. The largest absolute Gasteiger partial charge is 0.344 e. The molecular formula is C31H33FN2O. The van der Waals surface area contributed by atoms with Crippen molar-refractivity contribution in [1.29, 1.82) is 0 Å². The number of rotatable bonds is 7. The molecule has 0 amide bonds. The van der Waals surface area contributed by atoms with Crippen LogP contribution in [0.25, 0.3) is 10.9 Å². The number of aromatic nitrogens is 1. The number of hydrogen-bond donors (Lipinski definition) is 0. The normalized spacial score (nSPS) is 15.1. The molecule has 3 aromatic carbocycles. The molecule has 0 bridgehead atoms. The van der Waals surface area contributed by atoms with Crippen LogP contribution < -0.4 is 0 Å². The van der Waals surface area contributed by atoms with Crippen molar-refractivity contribution in [2.24, 2.45) is 5.92 Å². The van der Waals surface area contributed by atoms with E-state index in [-0.39, 0.29) is 11.6 Å². The third kappa shape index (κ3) is 5.23. The number of carbonyl (C=O) groups excluding carboxylic acids is 1. The summed E-state index contributed by atoms with van der Waals surface area (Å²) in [5.74, 6) is 0.584. The summed E-state index contributed by atoms with van der Waals surface area (Å²) in [6.07, 6.45) is 3.18. The average Bonchev–Trinajstić information content (AvgIpc) is 3.11. The molecule has 3 nitrogen and oxygen atoms in total. The topological polar surface area (TPSA) is 25.2 Å². The maximum Gasteiger partial charge on any atom is 0.159 e. The zero-order chi connectivity index (χ0) is 24.4. The van der Waals surface area contributed by atoms with Crippen LogP contribution in [-0.2, 0) is 19.5 Å². The maximum absolute atomic E-state index is 13.5. The number of fused-ring (bicyclic) bond motifs is 1. The molecule has 0 saturated carbocycles. The monoisotopic (exact) mass is 468 g/mol. The van der Waals surface area contributed by atoms with E-state index in [1.807, 2.05) is 18.2 Å². The molecular weight excluding hydrogens is 435 g/mol. The Morgan fingerprint density at radius 3 is 2.40 bits per heavy atom. The van der Waals surface area contributed by atoms with E-state index in [1.165, 1.54) is 33.8 Å². The first-order valence-electron chi connectivity index (χ1n) is 12.6. The van der Waals surface area contributed by atoms with Gasteiger partial charge in [0.2, 0.25) is 0 Å². The molecule has 1 aromatic heterocycles. The van der Waals surface area contributed by atoms with Gasteiger partial charge in [0.25, 0.3) is 0 Å². The fourth-order valence-corrected chi connectivity index (χ4v) is 5.50. The second-order valence-electron chi connectivity index (χ2n) is 9.97. The molecule has 4 heteroatoms. The van der Waals surface area contributed by atoms with Crippen molar-refractivity contribution in [2.75, 3.05) is 13.1 Å². The van der Waals surface area contributed by atoms with Gasteiger partial charge >= 0.3 is 0 Å². The van der Waals surface area contributed by atoms with E-state index in [4.69, 9.17) is 0 Å². The highest BCUT2D eigenvalue weighted by molar-refractivity contribution is 5.94. The summed E-state index contributed by atoms with van der Waals surface area (Å²) in [7, 11) is 0. The predicted octanol–water partition coefficient (Wildman–Crippen LogP) is 6.79. The van der Waals surface area contributed by atoms with Gasteiger partial charge in [-0.3, -0.25) is 9.69 Å². The smallest absolute Gasteiger partial charge is 0.159 e. The molecule has 0 radical (unpaired) electrons. The standard InChI is InChI=1S/C31H33FN2O/c1-22-30(19-24-10-12-27(13-11-24)23(2)35)29-8-3-4-9-31(29)34(22)21-25-14-16-33(17-15-25)20-26-6-5-7-28(32)18-26/h3-13,18,25H,14-17,19-21H2,1-2H3. The SMILES string of the molecule is CC(=O)c1ccc(Cc2c(C)n(CC3CCN(Cc4cccc(F)c4)CC3)c3ccccc23)cc1. The molecule has 0 aliphatic carbocycles. The number of benzene rings is 3. The number of halogens is 1. The average molecular weight is 469 g/mol. The Bertz CT molecular complexity index is 1330. The fraction of sp³-hybridized carbons (Fsp3) is 0.323. The van der Waals surface area contributed by atoms with E-state index < -0.39 is 0 Å². The minimum atomic E-state index is -0.155. The van der Waals surface area contributed by atoms with E-state index >= 15 is 0 Å². The van der Waals surface area contributed by atoms with E-state index in [2.05, 4.69) is 52.8 Å². The fourth-order valence-electron chi connectivity index (χ4n) is 5.50. The quantitative estimate of drug-likeness (QED) is 0.279. The van der Waals surface area contributed by atoms with Gasteiger partial charge in [-0.25, -0.2) is 4.39 Å². The van der Waals surface area contributed by atoms with Crippen molar-refractivity contribution in [3.05, 3.63) is 107 Å². The van der Waals surface area contributed by atoms with Crippen molar-refractivity contribution in [3.63, 3.8) is 0 Å². The van der Waals surface area contributed by atoms with Gasteiger partial charge in [-0.2, -0.15) is 0 Å². The van der Waals surface area contributed by atoms with Crippen molar-refractivity contribution < 1.29 is 9.18 Å². The van der Waals surface area contributed by atoms with Crippen molar-refractivity contribution in [2.45, 2.75) is 46.2 Å². The Labute approximate surface area is 207 Å². The Morgan fingerprint density at radius 1 is 0.943 bits per heavy atom. The van der Waals surface area contributed by atoms with Gasteiger partial charge in [-0.1, -0.05) is 54.6 Å². The molecule has 4 aromatic rings. The number of hydrogen-bond acceptors (Lipinski definition) is 2. The van der Waals surface area contributed by atoms with Gasteiger partial charge in [0.1, 0.15) is 5.82 Å². The lowest BCUT2D eigenvalue weighted by molar-refractivity contribution is 0.101. The van der Waals surface area contributed by atoms with Crippen LogP contribution in [0.3, 0.4) is 0 Å². The number of carbonyl (C=O) groups is 1. The molecule has 2 heterocycles. The zero-order valence-electron chi connectivity index (χ0n) is 20.6. The first-order valence-corrected chi connectivity index (χ1v) is 12.6. The van der Waals surface area contributed by atoms with E-state index in [0.717, 1.165) is 56.6 Å². The molecule has 0 atom stereocenters. The minimum absolute atomic E-state index is 0.103. The second kappa shape index (κ2) is 10.2. The van der Waals surface area contributed by atoms with Crippen LogP contribution >= 0.6 is 0 Å². The van der Waals surface area contributed by atoms with Crippen molar-refractivity contribution in [3.8, 4) is 0 Å². The third-order valence-electron chi connectivity index (χ3n) is 7.55. The van der Waals surface area contributed by atoms with Gasteiger partial charge < -0.3 is 4.57 Å². The van der Waals surface area contributed by atoms with Crippen LogP contribution in [0.1, 0.15) is 52.5 Å². The number of Topliss-reactive ketones (excluding diaryl/α,β-unsaturated/α-hetero) is 1. The van der Waals surface area contributed by atoms with Gasteiger partial charge in [0.15, 0.2) is 5.78 Å². The number of nitrogens with zero attached hydrogens (tertiary/aromatic N) is 2. The molecule has 1 aliphatic heterocycles. The molecule has 1 saturated heterocycles. The molecule has 0 spiro atoms. The van der Waals surface area contributed by atoms with E-state index in [1.54, 1.807) is 19.1 Å². The van der Waals surface area contributed by atoms with Crippen LogP contribution in [-0.4, -0.2) is 28.3 Å². The number of para-hydroxylation sites is 1. The number of likely N-dealkylation sites (tertiary alicyclic amines) is 1. The maximum atomic E-state index is 13.5. The first kappa shape index (κ1) is 23.5. The van der Waals surface area contributed by atoms with Gasteiger partial charge in [0, 0.05) is 35.2 Å². The molecule has 1 aliphatic rings. The van der Waals surface area contributed by atoms with Crippen LogP contribution in [0.5, 0.6) is 0 Å². The van der Waals surface area contributed by atoms with E-state index in [9.17, 15) is 9.18 Å². The molecule has 1 fully saturated rings. The highest BCUT2D eigenvalue weighted by atomic mass is 19.1. The molecule has 5 rings (SSSR count). The number of piperidine rings is 1. The summed E-state index contributed by atoms with van der Waals surface area (Å²) in [6.45, 7) is 7.81. The van der Waals surface area contributed by atoms with Crippen LogP contribution in [0.15, 0.2) is 72.8 Å². The van der Waals surface area contributed by atoms with Crippen molar-refractivity contribution in [1.82, 2.24) is 9.47 Å². The molecule has 35 heavy (non-hydrogen) atoms. The van der Waals surface area contributed by atoms with Gasteiger partial charge in [0.05, 0.1) is 0 Å². The third-order valence-corrected chi connectivity index (χ3v) is 7.55. The lowest BCUT2D eigenvalue weighted by Gasteiger charge is -2.32. The van der Waals surface area contributed by atoms with E-state index in [0.29, 0.717) is 5.92 Å². The Balaban J connectivity index is 1.30. The first-order chi connectivity index (χ1) is 17.0.